The van der Waals surface area contributed by atoms with Crippen molar-refractivity contribution in [2.75, 3.05) is 0 Å². The summed E-state index contributed by atoms with van der Waals surface area (Å²) in [4.78, 5) is 0. The molecule has 0 unspecified atom stereocenters. The number of nitriles is 1. The van der Waals surface area contributed by atoms with E-state index >= 15 is 0 Å². The molecule has 0 spiro atoms. The van der Waals surface area contributed by atoms with Crippen LogP contribution >= 0.6 is 11.6 Å². The number of hydrogen-bond donors (Lipinski definition) is 0. The Morgan fingerprint density at radius 2 is 2.05 bits per heavy atom. The number of aromatic nitrogens is 2. The number of para-hydroxylation sites is 1. The van der Waals surface area contributed by atoms with Gasteiger partial charge >= 0.3 is 0 Å². The number of furan rings is 1. The lowest BCUT2D eigenvalue weighted by atomic mass is 10.2. The fourth-order valence-electron chi connectivity index (χ4n) is 1.81. The van der Waals surface area contributed by atoms with Crippen LogP contribution in [0.15, 0.2) is 40.8 Å². The molecule has 20 heavy (non-hydrogen) atoms. The molecule has 5 nitrogen and oxygen atoms in total. The van der Waals surface area contributed by atoms with Gasteiger partial charge in [0.05, 0.1) is 5.39 Å². The number of benzene rings is 1. The molecule has 0 fully saturated rings. The second-order valence-corrected chi connectivity index (χ2v) is 4.39. The van der Waals surface area contributed by atoms with E-state index in [4.69, 9.17) is 26.0 Å². The lowest BCUT2D eigenvalue weighted by molar-refractivity contribution is 0.297. The van der Waals surface area contributed by atoms with Crippen molar-refractivity contribution in [2.45, 2.75) is 6.61 Å². The van der Waals surface area contributed by atoms with Crippen molar-refractivity contribution in [3.63, 3.8) is 0 Å². The number of rotatable bonds is 3. The average molecular weight is 286 g/mol. The van der Waals surface area contributed by atoms with Gasteiger partial charge < -0.3 is 9.15 Å². The molecular formula is C14H8ClN3O2. The first-order valence-corrected chi connectivity index (χ1v) is 6.18. The minimum absolute atomic E-state index is 0.146. The van der Waals surface area contributed by atoms with Crippen molar-refractivity contribution in [1.29, 1.82) is 5.26 Å². The van der Waals surface area contributed by atoms with Crippen LogP contribution in [0.25, 0.3) is 11.0 Å². The smallest absolute Gasteiger partial charge is 0.246 e. The Labute approximate surface area is 119 Å². The average Bonchev–Trinajstić information content (AvgIpc) is 2.84. The molecule has 0 saturated carbocycles. The van der Waals surface area contributed by atoms with Crippen LogP contribution in [0.1, 0.15) is 11.5 Å². The fourth-order valence-corrected chi connectivity index (χ4v) is 1.91. The van der Waals surface area contributed by atoms with Crippen LogP contribution in [-0.4, -0.2) is 10.2 Å². The van der Waals surface area contributed by atoms with E-state index < -0.39 is 0 Å². The van der Waals surface area contributed by atoms with Gasteiger partial charge in [0, 0.05) is 0 Å². The molecule has 3 aromatic rings. The summed E-state index contributed by atoms with van der Waals surface area (Å²) >= 11 is 5.66. The zero-order valence-electron chi connectivity index (χ0n) is 10.2. The highest BCUT2D eigenvalue weighted by molar-refractivity contribution is 6.29. The molecule has 3 rings (SSSR count). The molecule has 0 aliphatic carbocycles. The SMILES string of the molecule is N#Cc1oc2ccccc2c1OCc1ccc(Cl)nn1. The predicted octanol–water partition coefficient (Wildman–Crippen LogP) is 3.33. The summed E-state index contributed by atoms with van der Waals surface area (Å²) in [5.74, 6) is 0.563. The maximum absolute atomic E-state index is 9.08. The zero-order valence-corrected chi connectivity index (χ0v) is 11.0. The molecule has 2 heterocycles. The van der Waals surface area contributed by atoms with Crippen molar-refractivity contribution in [3.8, 4) is 11.8 Å². The van der Waals surface area contributed by atoms with Gasteiger partial charge in [-0.25, -0.2) is 0 Å². The Morgan fingerprint density at radius 1 is 1.20 bits per heavy atom. The first-order valence-electron chi connectivity index (χ1n) is 5.80. The quantitative estimate of drug-likeness (QED) is 0.738. The Balaban J connectivity index is 1.90. The minimum atomic E-state index is 0.146. The van der Waals surface area contributed by atoms with E-state index in [9.17, 15) is 0 Å². The van der Waals surface area contributed by atoms with Crippen LogP contribution in [-0.2, 0) is 6.61 Å². The van der Waals surface area contributed by atoms with Crippen molar-refractivity contribution >= 4 is 22.6 Å². The van der Waals surface area contributed by atoms with Crippen molar-refractivity contribution in [2.24, 2.45) is 0 Å². The second-order valence-electron chi connectivity index (χ2n) is 4.00. The van der Waals surface area contributed by atoms with E-state index in [0.29, 0.717) is 22.2 Å². The molecule has 2 aromatic heterocycles. The van der Waals surface area contributed by atoms with E-state index in [2.05, 4.69) is 10.2 Å². The third-order valence-corrected chi connectivity index (χ3v) is 2.90. The summed E-state index contributed by atoms with van der Waals surface area (Å²) in [6.45, 7) is 0.183. The van der Waals surface area contributed by atoms with Crippen LogP contribution in [0.2, 0.25) is 5.15 Å². The van der Waals surface area contributed by atoms with Gasteiger partial charge in [-0.15, -0.1) is 5.10 Å². The lowest BCUT2D eigenvalue weighted by Crippen LogP contribution is -2.00. The first-order chi connectivity index (χ1) is 9.78. The fraction of sp³-hybridized carbons (Fsp3) is 0.0714. The third kappa shape index (κ3) is 2.29. The van der Waals surface area contributed by atoms with Gasteiger partial charge in [-0.1, -0.05) is 23.7 Å². The molecule has 6 heteroatoms. The van der Waals surface area contributed by atoms with Crippen LogP contribution in [0.5, 0.6) is 5.75 Å². The Bertz CT molecular complexity index is 790. The molecule has 0 saturated heterocycles. The first kappa shape index (κ1) is 12.5. The van der Waals surface area contributed by atoms with Crippen LogP contribution < -0.4 is 4.74 Å². The van der Waals surface area contributed by atoms with E-state index in [1.807, 2.05) is 24.3 Å². The standard InChI is InChI=1S/C14H8ClN3O2/c15-13-6-5-9(17-18-13)8-19-14-10-3-1-2-4-11(10)20-12(14)7-16/h1-6H,8H2. The minimum Gasteiger partial charge on any atom is -0.482 e. The highest BCUT2D eigenvalue weighted by Crippen LogP contribution is 2.32. The van der Waals surface area contributed by atoms with Crippen molar-refractivity contribution < 1.29 is 9.15 Å². The van der Waals surface area contributed by atoms with Gasteiger partial charge in [-0.05, 0) is 24.3 Å². The van der Waals surface area contributed by atoms with Gasteiger partial charge in [-0.2, -0.15) is 10.4 Å². The molecule has 1 aromatic carbocycles. The van der Waals surface area contributed by atoms with Crippen LogP contribution in [0.3, 0.4) is 0 Å². The topological polar surface area (TPSA) is 71.9 Å². The Morgan fingerprint density at radius 3 is 2.80 bits per heavy atom. The molecule has 0 N–H and O–H groups in total. The highest BCUT2D eigenvalue weighted by Gasteiger charge is 2.15. The molecule has 0 aliphatic heterocycles. The summed E-state index contributed by atoms with van der Waals surface area (Å²) in [7, 11) is 0. The van der Waals surface area contributed by atoms with E-state index in [0.717, 1.165) is 5.39 Å². The maximum Gasteiger partial charge on any atom is 0.246 e. The van der Waals surface area contributed by atoms with E-state index in [-0.39, 0.29) is 12.4 Å². The molecule has 0 amide bonds. The number of fused-ring (bicyclic) bond motifs is 1. The monoisotopic (exact) mass is 285 g/mol. The second kappa shape index (κ2) is 5.19. The zero-order chi connectivity index (χ0) is 13.9. The maximum atomic E-state index is 9.08. The van der Waals surface area contributed by atoms with Crippen LogP contribution in [0, 0.1) is 11.3 Å². The largest absolute Gasteiger partial charge is 0.482 e. The highest BCUT2D eigenvalue weighted by atomic mass is 35.5. The molecule has 0 atom stereocenters. The summed E-state index contributed by atoms with van der Waals surface area (Å²) in [5.41, 5.74) is 1.23. The van der Waals surface area contributed by atoms with Crippen molar-refractivity contribution in [1.82, 2.24) is 10.2 Å². The molecule has 0 bridgehead atoms. The number of ether oxygens (including phenoxy) is 1. The normalized spacial score (nSPS) is 10.4. The molecule has 0 aliphatic rings. The van der Waals surface area contributed by atoms with Gasteiger partial charge in [0.2, 0.25) is 5.76 Å². The lowest BCUT2D eigenvalue weighted by Gasteiger charge is -2.03. The Hall–Kier alpha value is -2.58. The molecular weight excluding hydrogens is 278 g/mol. The summed E-state index contributed by atoms with van der Waals surface area (Å²) in [6, 6.07) is 12.6. The predicted molar refractivity (Wildman–Crippen MR) is 72.3 cm³/mol. The number of nitrogens with zero attached hydrogens (tertiary/aromatic N) is 3. The van der Waals surface area contributed by atoms with Gasteiger partial charge in [0.1, 0.15) is 24.0 Å². The van der Waals surface area contributed by atoms with E-state index in [1.54, 1.807) is 18.2 Å². The summed E-state index contributed by atoms with van der Waals surface area (Å²) in [5, 5.41) is 17.8. The van der Waals surface area contributed by atoms with Gasteiger partial charge in [0.15, 0.2) is 10.9 Å². The number of hydrogen-bond acceptors (Lipinski definition) is 5. The summed E-state index contributed by atoms with van der Waals surface area (Å²) in [6.07, 6.45) is 0. The van der Waals surface area contributed by atoms with Crippen molar-refractivity contribution in [3.05, 3.63) is 53.0 Å². The molecule has 0 radical (unpaired) electrons. The van der Waals surface area contributed by atoms with Crippen LogP contribution in [0.4, 0.5) is 0 Å². The van der Waals surface area contributed by atoms with Gasteiger partial charge in [-0.3, -0.25) is 0 Å². The van der Waals surface area contributed by atoms with Gasteiger partial charge in [0.25, 0.3) is 0 Å². The third-order valence-electron chi connectivity index (χ3n) is 2.70. The summed E-state index contributed by atoms with van der Waals surface area (Å²) < 4.78 is 11.1. The molecule has 98 valence electrons. The number of halogens is 1. The Kier molecular flexibility index (Phi) is 3.23. The van der Waals surface area contributed by atoms with E-state index in [1.165, 1.54) is 0 Å².